The summed E-state index contributed by atoms with van der Waals surface area (Å²) < 4.78 is 27.7. The molecule has 2 aromatic rings. The number of hydrogen-bond acceptors (Lipinski definition) is 5. The Morgan fingerprint density at radius 1 is 1.00 bits per heavy atom. The number of rotatable bonds is 6. The summed E-state index contributed by atoms with van der Waals surface area (Å²) in [7, 11) is -3.66. The largest absolute Gasteiger partial charge is 0.370 e. The number of benzene rings is 2. The van der Waals surface area contributed by atoms with Crippen LogP contribution < -0.4 is 9.62 Å². The van der Waals surface area contributed by atoms with Crippen LogP contribution in [0.1, 0.15) is 44.7 Å². The van der Waals surface area contributed by atoms with Gasteiger partial charge in [0.25, 0.3) is 0 Å². The van der Waals surface area contributed by atoms with Crippen molar-refractivity contribution in [2.75, 3.05) is 37.6 Å². The third-order valence-electron chi connectivity index (χ3n) is 5.87. The number of anilines is 1. The van der Waals surface area contributed by atoms with Gasteiger partial charge in [-0.05, 0) is 53.8 Å². The lowest BCUT2D eigenvalue weighted by atomic mass is 9.87. The first kappa shape index (κ1) is 24.7. The molecule has 1 aliphatic rings. The average Bonchev–Trinajstić information content (AvgIpc) is 3.05. The molecular weight excluding hydrogens is 436 g/mol. The highest BCUT2D eigenvalue weighted by Gasteiger charge is 2.21. The van der Waals surface area contributed by atoms with Gasteiger partial charge in [-0.2, -0.15) is 5.26 Å². The van der Waals surface area contributed by atoms with Gasteiger partial charge in [-0.1, -0.05) is 32.9 Å². The summed E-state index contributed by atoms with van der Waals surface area (Å²) in [5.41, 5.74) is 2.67. The Balaban J connectivity index is 1.50. The summed E-state index contributed by atoms with van der Waals surface area (Å²) in [6.07, 6.45) is 0.952. The molecule has 2 aromatic carbocycles. The van der Waals surface area contributed by atoms with Crippen LogP contribution in [0.15, 0.2) is 53.4 Å². The molecule has 1 fully saturated rings. The topological polar surface area (TPSA) is 93.5 Å². The van der Waals surface area contributed by atoms with Crippen molar-refractivity contribution in [2.24, 2.45) is 0 Å². The molecule has 0 saturated carbocycles. The van der Waals surface area contributed by atoms with Crippen LogP contribution >= 0.6 is 0 Å². The van der Waals surface area contributed by atoms with E-state index in [1.807, 2.05) is 24.3 Å². The maximum absolute atomic E-state index is 12.7. The van der Waals surface area contributed by atoms with E-state index < -0.39 is 10.0 Å². The molecule has 0 aliphatic carbocycles. The summed E-state index contributed by atoms with van der Waals surface area (Å²) in [4.78, 5) is 16.9. The van der Waals surface area contributed by atoms with Gasteiger partial charge in [0.1, 0.15) is 0 Å². The number of nitriles is 1. The number of nitrogens with one attached hydrogen (secondary N) is 1. The van der Waals surface area contributed by atoms with Crippen LogP contribution in [0.2, 0.25) is 0 Å². The maximum atomic E-state index is 12.7. The zero-order valence-corrected chi connectivity index (χ0v) is 20.4. The molecule has 1 saturated heterocycles. The predicted molar refractivity (Wildman–Crippen MR) is 130 cm³/mol. The molecule has 0 atom stereocenters. The van der Waals surface area contributed by atoms with Crippen LogP contribution in [-0.2, 0) is 20.2 Å². The quantitative estimate of drug-likeness (QED) is 0.702. The third-order valence-corrected chi connectivity index (χ3v) is 7.35. The van der Waals surface area contributed by atoms with Crippen LogP contribution in [0.3, 0.4) is 0 Å². The first-order chi connectivity index (χ1) is 15.6. The lowest BCUT2D eigenvalue weighted by Gasteiger charge is -2.24. The van der Waals surface area contributed by atoms with Crippen molar-refractivity contribution in [1.29, 1.82) is 5.26 Å². The lowest BCUT2D eigenvalue weighted by Crippen LogP contribution is -2.37. The lowest BCUT2D eigenvalue weighted by molar-refractivity contribution is -0.130. The highest BCUT2D eigenvalue weighted by molar-refractivity contribution is 7.89. The number of amides is 1. The van der Waals surface area contributed by atoms with Gasteiger partial charge in [0.15, 0.2) is 0 Å². The van der Waals surface area contributed by atoms with Gasteiger partial charge in [-0.15, -0.1) is 0 Å². The fourth-order valence-electron chi connectivity index (χ4n) is 3.84. The van der Waals surface area contributed by atoms with Crippen molar-refractivity contribution in [3.05, 3.63) is 59.7 Å². The first-order valence-electron chi connectivity index (χ1n) is 11.2. The highest BCUT2D eigenvalue weighted by atomic mass is 32.2. The predicted octanol–water partition coefficient (Wildman–Crippen LogP) is 3.26. The van der Waals surface area contributed by atoms with E-state index in [4.69, 9.17) is 5.26 Å². The van der Waals surface area contributed by atoms with E-state index in [1.165, 1.54) is 0 Å². The van der Waals surface area contributed by atoms with E-state index in [0.29, 0.717) is 25.2 Å². The Bertz CT molecular complexity index is 1100. The van der Waals surface area contributed by atoms with Crippen LogP contribution in [0.4, 0.5) is 5.69 Å². The summed E-state index contributed by atoms with van der Waals surface area (Å²) in [5.74, 6) is -0.0533. The molecule has 1 heterocycles. The SMILES string of the molecule is CC(C)(C)c1ccc(S(=O)(=O)NCCC(=O)N2CCCN(c3ccc(C#N)cc3)CC2)cc1. The Labute approximate surface area is 197 Å². The van der Waals surface area contributed by atoms with E-state index in [1.54, 1.807) is 29.2 Å². The molecule has 1 aliphatic heterocycles. The van der Waals surface area contributed by atoms with Crippen molar-refractivity contribution >= 4 is 21.6 Å². The minimum Gasteiger partial charge on any atom is -0.370 e. The van der Waals surface area contributed by atoms with Crippen LogP contribution in [0.25, 0.3) is 0 Å². The number of carbonyl (C=O) groups is 1. The summed E-state index contributed by atoms with van der Waals surface area (Å²) in [6, 6.07) is 16.5. The smallest absolute Gasteiger partial charge is 0.240 e. The molecule has 0 unspecified atom stereocenters. The molecule has 3 rings (SSSR count). The molecule has 8 heteroatoms. The molecular formula is C25H32N4O3S. The van der Waals surface area contributed by atoms with Gasteiger partial charge in [-0.25, -0.2) is 13.1 Å². The molecule has 0 aromatic heterocycles. The van der Waals surface area contributed by atoms with Crippen molar-refractivity contribution in [3.8, 4) is 6.07 Å². The molecule has 0 radical (unpaired) electrons. The molecule has 176 valence electrons. The van der Waals surface area contributed by atoms with E-state index in [9.17, 15) is 13.2 Å². The van der Waals surface area contributed by atoms with Crippen molar-refractivity contribution in [1.82, 2.24) is 9.62 Å². The number of hydrogen-bond donors (Lipinski definition) is 1. The Hall–Kier alpha value is -2.89. The fraction of sp³-hybridized carbons (Fsp3) is 0.440. The van der Waals surface area contributed by atoms with E-state index in [0.717, 1.165) is 24.2 Å². The Morgan fingerprint density at radius 2 is 1.67 bits per heavy atom. The Morgan fingerprint density at radius 3 is 2.27 bits per heavy atom. The monoisotopic (exact) mass is 468 g/mol. The zero-order valence-electron chi connectivity index (χ0n) is 19.5. The second-order valence-electron chi connectivity index (χ2n) is 9.30. The van der Waals surface area contributed by atoms with Crippen LogP contribution in [-0.4, -0.2) is 51.9 Å². The molecule has 1 amide bonds. The van der Waals surface area contributed by atoms with Gasteiger partial charge >= 0.3 is 0 Å². The molecule has 33 heavy (non-hydrogen) atoms. The van der Waals surface area contributed by atoms with Gasteiger partial charge in [0, 0.05) is 44.8 Å². The third kappa shape index (κ3) is 6.56. The normalized spacial score (nSPS) is 15.1. The molecule has 0 bridgehead atoms. The minimum absolute atomic E-state index is 0.0506. The summed E-state index contributed by atoms with van der Waals surface area (Å²) in [6.45, 7) is 9.05. The van der Waals surface area contributed by atoms with Crippen molar-refractivity contribution < 1.29 is 13.2 Å². The van der Waals surface area contributed by atoms with Crippen LogP contribution in [0.5, 0.6) is 0 Å². The molecule has 0 spiro atoms. The number of carbonyl (C=O) groups excluding carboxylic acids is 1. The Kier molecular flexibility index (Phi) is 7.77. The minimum atomic E-state index is -3.66. The van der Waals surface area contributed by atoms with Gasteiger partial charge < -0.3 is 9.80 Å². The van der Waals surface area contributed by atoms with E-state index in [2.05, 4.69) is 36.5 Å². The molecule has 7 nitrogen and oxygen atoms in total. The molecule has 1 N–H and O–H groups in total. The standard InChI is InChI=1S/C25H32N4O3S/c1-25(2,3)21-7-11-23(12-8-21)33(31,32)27-14-13-24(30)29-16-4-15-28(17-18-29)22-9-5-20(19-26)6-10-22/h5-12,27H,4,13-18H2,1-3H3. The van der Waals surface area contributed by atoms with Gasteiger partial charge in [0.2, 0.25) is 15.9 Å². The van der Waals surface area contributed by atoms with E-state index in [-0.39, 0.29) is 29.2 Å². The zero-order chi connectivity index (χ0) is 24.1. The van der Waals surface area contributed by atoms with Gasteiger partial charge in [0.05, 0.1) is 16.5 Å². The number of nitrogens with zero attached hydrogens (tertiary/aromatic N) is 3. The fourth-order valence-corrected chi connectivity index (χ4v) is 4.87. The first-order valence-corrected chi connectivity index (χ1v) is 12.7. The van der Waals surface area contributed by atoms with Crippen molar-refractivity contribution in [2.45, 2.75) is 43.9 Å². The maximum Gasteiger partial charge on any atom is 0.240 e. The second kappa shape index (κ2) is 10.4. The summed E-state index contributed by atoms with van der Waals surface area (Å²) >= 11 is 0. The summed E-state index contributed by atoms with van der Waals surface area (Å²) in [5, 5.41) is 8.95. The second-order valence-corrected chi connectivity index (χ2v) is 11.1. The highest BCUT2D eigenvalue weighted by Crippen LogP contribution is 2.23. The van der Waals surface area contributed by atoms with Crippen LogP contribution in [0, 0.1) is 11.3 Å². The number of sulfonamides is 1. The van der Waals surface area contributed by atoms with E-state index >= 15 is 0 Å². The van der Waals surface area contributed by atoms with Gasteiger partial charge in [-0.3, -0.25) is 4.79 Å². The van der Waals surface area contributed by atoms with Crippen molar-refractivity contribution in [3.63, 3.8) is 0 Å². The average molecular weight is 469 g/mol.